The average molecular weight is 2020 g/mol. The second-order valence-corrected chi connectivity index (χ2v) is 33.7. The topological polar surface area (TPSA) is 469 Å². The number of hydrogen-bond donors (Lipinski definition) is 9. The van der Waals surface area contributed by atoms with Gasteiger partial charge in [-0.15, -0.1) is 0 Å². The molecule has 3 aliphatic heterocycles. The number of esters is 1. The summed E-state index contributed by atoms with van der Waals surface area (Å²) in [5, 5.41) is 57.6. The summed E-state index contributed by atoms with van der Waals surface area (Å²) in [6, 6.07) is 46.3. The van der Waals surface area contributed by atoms with Crippen LogP contribution in [0.5, 0.6) is 63.2 Å². The number of ketones is 2. The number of aromatic amines is 5. The third kappa shape index (κ3) is 23.7. The highest BCUT2D eigenvalue weighted by Gasteiger charge is 2.29. The van der Waals surface area contributed by atoms with Crippen LogP contribution in [0.3, 0.4) is 0 Å². The number of rotatable bonds is 29. The number of furan rings is 1. The van der Waals surface area contributed by atoms with Gasteiger partial charge in [-0.25, -0.2) is 18.4 Å². The molecule has 758 valence electrons. The third-order valence-electron chi connectivity index (χ3n) is 23.9. The number of carbonyl (C=O) groups is 7. The molecule has 0 spiro atoms. The van der Waals surface area contributed by atoms with Crippen molar-refractivity contribution in [3.05, 3.63) is 307 Å². The number of carbonyl (C=O) groups excluding carboxylic acids is 6. The average Bonchev–Trinajstić information content (AvgIpc) is 1.67. The molecule has 10 aromatic carbocycles. The van der Waals surface area contributed by atoms with E-state index in [9.17, 15) is 47.4 Å². The van der Waals surface area contributed by atoms with Gasteiger partial charge < -0.3 is 82.3 Å². The van der Waals surface area contributed by atoms with Gasteiger partial charge in [0.2, 0.25) is 0 Å². The Labute approximate surface area is 848 Å². The zero-order chi connectivity index (χ0) is 104. The number of carboxylic acid groups (broad SMARTS) is 1. The van der Waals surface area contributed by atoms with Crippen molar-refractivity contribution in [1.82, 2.24) is 76.9 Å². The minimum atomic E-state index is -1.11. The summed E-state index contributed by atoms with van der Waals surface area (Å²) in [5.41, 5.74) is 13.2. The Morgan fingerprint density at radius 1 is 0.389 bits per heavy atom. The second-order valence-electron chi connectivity index (χ2n) is 33.7. The molecule has 0 bridgehead atoms. The molecular weight excluding hydrogens is 1920 g/mol. The largest absolute Gasteiger partial charge is 0.495 e. The van der Waals surface area contributed by atoms with Gasteiger partial charge in [-0.2, -0.15) is 25.5 Å². The first-order valence-electron chi connectivity index (χ1n) is 47.0. The van der Waals surface area contributed by atoms with Gasteiger partial charge in [0, 0.05) is 18.9 Å². The molecule has 10 heterocycles. The molecule has 1 saturated carbocycles. The molecule has 0 saturated heterocycles. The van der Waals surface area contributed by atoms with Gasteiger partial charge >= 0.3 is 11.9 Å². The Bertz CT molecular complexity index is 8060. The Kier molecular flexibility index (Phi) is 32.0. The first-order chi connectivity index (χ1) is 72.5. The van der Waals surface area contributed by atoms with Crippen molar-refractivity contribution in [2.45, 2.75) is 46.7 Å². The molecule has 38 heteroatoms. The van der Waals surface area contributed by atoms with E-state index in [2.05, 4.69) is 76.9 Å². The van der Waals surface area contributed by atoms with E-state index in [0.717, 1.165) is 89.9 Å². The number of aromatic carboxylic acids is 1. The lowest BCUT2D eigenvalue weighted by Gasteiger charge is -2.18. The van der Waals surface area contributed by atoms with Gasteiger partial charge in [0.05, 0.1) is 184 Å². The number of fused-ring (bicyclic) bond motifs is 8. The predicted molar refractivity (Wildman–Crippen MR) is 554 cm³/mol. The molecular formula is C111H99F2N15O21. The molecule has 1 aliphatic carbocycles. The second kappa shape index (κ2) is 47.0. The van der Waals surface area contributed by atoms with E-state index in [-0.39, 0.29) is 71.4 Å². The Morgan fingerprint density at radius 2 is 0.725 bits per heavy atom. The smallest absolute Gasteiger partial charge is 0.341 e. The van der Waals surface area contributed by atoms with E-state index in [1.54, 1.807) is 137 Å². The molecule has 149 heavy (non-hydrogen) atoms. The quantitative estimate of drug-likeness (QED) is 0.0155. The van der Waals surface area contributed by atoms with Crippen LogP contribution in [-0.2, 0) is 17.8 Å². The molecule has 9 N–H and O–H groups in total. The number of H-pyrrole nitrogens is 5. The highest BCUT2D eigenvalue weighted by Crippen LogP contribution is 2.42. The normalized spacial score (nSPS) is 12.8. The number of carboxylic acids is 1. The van der Waals surface area contributed by atoms with Crippen LogP contribution in [0.1, 0.15) is 174 Å². The summed E-state index contributed by atoms with van der Waals surface area (Å²) < 4.78 is 99.0. The molecule has 1 fully saturated rings. The summed E-state index contributed by atoms with van der Waals surface area (Å²) in [5.74, 6) is 3.59. The van der Waals surface area contributed by atoms with Crippen LogP contribution >= 0.6 is 0 Å². The fourth-order valence-electron chi connectivity index (χ4n) is 16.5. The molecule has 0 radical (unpaired) electrons. The molecule has 36 nitrogen and oxygen atoms in total. The molecule has 0 atom stereocenters. The summed E-state index contributed by atoms with van der Waals surface area (Å²) in [6.07, 6.45) is 27.1. The van der Waals surface area contributed by atoms with Gasteiger partial charge in [-0.05, 0) is 231 Å². The summed E-state index contributed by atoms with van der Waals surface area (Å²) in [6.45, 7) is 9.14. The standard InChI is InChI=1S/C24H21N5O4.C24H21N3O5.C23H23N3O4.C21H19FN2O4.C19H15FN2O4/c1-31-23-17(24(30)27-14-16-13-25-8-9-26-16)4-6-19-22(23)18(28-29-19)5-2-15-3-7-20-21(12-15)33-11-10-32-20;1-29-23-17(24(28)25-14-16-3-2-10-30-16)6-8-19-22(23)18(26-27-19)7-4-15-5-9-20-21(13-15)32-12-11-31-20;1-28-22-16(23(27)24-13-15-2-3-15)6-8-18-21(22)17(25-26-18)7-4-14-5-9-19-20(12-14)30-11-10-29-19;1-4-28-21(26)14-7-10-18-19(20(14)27-3)17(23-24-18)9-6-13-5-8-16(22)15(11-13)12(2)25;1-10(23)13-9-11(3-6-14(13)20)4-7-15-17-16(22-21-15)8-5-12(19(24)25)18(17)26-2/h2-9,12-13H,10-11,14H2,1H3,(H,27,30)(H,28,29);2-10,13H,11-12,14H2,1H3,(H,25,28)(H,26,27);4-9,12,15H,2-3,10-11,13H2,1H3,(H,24,27)(H,25,26);5-11H,4H2,1-3H3,(H,23,24);3-9H,1-2H3,(H,21,22)(H,24,25)/b5-2+;2*7-4+;9-6+;7-4+. The number of benzene rings is 10. The van der Waals surface area contributed by atoms with Crippen molar-refractivity contribution >= 4 is 157 Å². The minimum absolute atomic E-state index is 0.00682. The SMILES string of the molecule is CCOC(=O)c1ccc2n[nH]c(/C=C/c3ccc(F)c(C(C)=O)c3)c2c1OC.COc1c(C(=O)NCC2CC2)ccc2n[nH]c(/C=C/c3ccc4c(c3)OCCO4)c12.COc1c(C(=O)NCc2ccco2)ccc2n[nH]c(/C=C/c3ccc4c(c3)OCCO4)c12.COc1c(C(=O)NCc2cnccn2)ccc2n[nH]c(/C=C/c3ccc4c(c3)OCCO4)c12.COc1c(C(=O)O)ccc2n[nH]c(/C=C/c3ccc(F)c(C(C)=O)c3)c12. The fourth-order valence-corrected chi connectivity index (χ4v) is 16.5. The summed E-state index contributed by atoms with van der Waals surface area (Å²) >= 11 is 0. The molecule has 7 aromatic heterocycles. The zero-order valence-corrected chi connectivity index (χ0v) is 81.7. The first kappa shape index (κ1) is 101. The maximum absolute atomic E-state index is 13.7. The van der Waals surface area contributed by atoms with Crippen LogP contribution < -0.4 is 68.1 Å². The zero-order valence-electron chi connectivity index (χ0n) is 81.7. The minimum Gasteiger partial charge on any atom is -0.495 e. The van der Waals surface area contributed by atoms with Gasteiger partial charge in [0.25, 0.3) is 17.7 Å². The lowest BCUT2D eigenvalue weighted by molar-refractivity contribution is 0.0521. The van der Waals surface area contributed by atoms with Crippen molar-refractivity contribution in [3.8, 4) is 63.2 Å². The Hall–Kier alpha value is -19.0. The highest BCUT2D eigenvalue weighted by molar-refractivity contribution is 6.10. The van der Waals surface area contributed by atoms with Crippen molar-refractivity contribution in [1.29, 1.82) is 0 Å². The number of nitrogens with one attached hydrogen (secondary N) is 8. The van der Waals surface area contributed by atoms with Crippen LogP contribution in [0, 0.1) is 17.6 Å². The monoisotopic (exact) mass is 2020 g/mol. The van der Waals surface area contributed by atoms with Crippen molar-refractivity contribution in [2.24, 2.45) is 5.92 Å². The third-order valence-corrected chi connectivity index (χ3v) is 23.9. The van der Waals surface area contributed by atoms with Crippen LogP contribution in [0.15, 0.2) is 193 Å². The predicted octanol–water partition coefficient (Wildman–Crippen LogP) is 19.0. The number of nitrogens with zero attached hydrogens (tertiary/aromatic N) is 7. The molecule has 0 unspecified atom stereocenters. The Morgan fingerprint density at radius 3 is 1.06 bits per heavy atom. The summed E-state index contributed by atoms with van der Waals surface area (Å²) in [4.78, 5) is 93.1. The molecule has 21 rings (SSSR count). The molecule has 4 aliphatic rings. The van der Waals surface area contributed by atoms with E-state index in [4.69, 9.17) is 61.3 Å². The fraction of sp³-hybridized carbons (Fsp3) is 0.189. The van der Waals surface area contributed by atoms with E-state index in [1.165, 1.54) is 84.4 Å². The lowest BCUT2D eigenvalue weighted by atomic mass is 10.1. The number of ether oxygens (including phenoxy) is 12. The van der Waals surface area contributed by atoms with Crippen molar-refractivity contribution < 1.29 is 109 Å². The van der Waals surface area contributed by atoms with Crippen LogP contribution in [0.4, 0.5) is 8.78 Å². The number of aromatic nitrogens is 12. The van der Waals surface area contributed by atoms with Crippen LogP contribution in [0.25, 0.3) is 115 Å². The number of amides is 3. The molecule has 17 aromatic rings. The van der Waals surface area contributed by atoms with E-state index in [1.807, 2.05) is 97.1 Å². The van der Waals surface area contributed by atoms with Crippen molar-refractivity contribution in [3.63, 3.8) is 0 Å². The molecule has 3 amide bonds. The number of Topliss-reactive ketones (excluding diaryl/α,β-unsaturated/α-hetero) is 2. The van der Waals surface area contributed by atoms with Gasteiger partial charge in [0.15, 0.2) is 46.1 Å². The van der Waals surface area contributed by atoms with E-state index in [0.29, 0.717) is 164 Å². The van der Waals surface area contributed by atoms with Crippen molar-refractivity contribution in [2.75, 3.05) is 88.3 Å². The number of methoxy groups -OCH3 is 5. The first-order valence-corrected chi connectivity index (χ1v) is 47.0. The Balaban J connectivity index is 0.000000127. The van der Waals surface area contributed by atoms with Gasteiger partial charge in [0.1, 0.15) is 96.9 Å². The number of halogens is 2. The van der Waals surface area contributed by atoms with E-state index < -0.39 is 23.6 Å². The van der Waals surface area contributed by atoms with Gasteiger partial charge in [-0.3, -0.25) is 59.4 Å². The maximum Gasteiger partial charge on any atom is 0.341 e. The van der Waals surface area contributed by atoms with Gasteiger partial charge in [-0.1, -0.05) is 60.7 Å². The van der Waals surface area contributed by atoms with Crippen LogP contribution in [-0.4, -0.2) is 196 Å². The highest BCUT2D eigenvalue weighted by atomic mass is 19.1. The lowest BCUT2D eigenvalue weighted by Crippen LogP contribution is -2.26. The van der Waals surface area contributed by atoms with Crippen LogP contribution in [0.2, 0.25) is 0 Å². The maximum atomic E-state index is 13.7. The number of hydrogen-bond acceptors (Lipinski definition) is 27. The summed E-state index contributed by atoms with van der Waals surface area (Å²) in [7, 11) is 7.51. The van der Waals surface area contributed by atoms with E-state index >= 15 is 0 Å².